The molecular weight excluding hydrogens is 397 g/mol. The van der Waals surface area contributed by atoms with E-state index in [0.717, 1.165) is 11.6 Å². The summed E-state index contributed by atoms with van der Waals surface area (Å²) in [4.78, 5) is 45.9. The molecule has 2 aromatic rings. The van der Waals surface area contributed by atoms with Crippen molar-refractivity contribution in [1.82, 2.24) is 10.6 Å². The standard InChI is InChI=1S/C20H20FN3O6/c1-13(19(26)22-10-9-14-5-7-16(21)8-6-14)30-18(25)12-23-20(27)15-3-2-4-17(11-15)24(28)29/h2-8,11,13H,9-10,12H2,1H3,(H,22,26)(H,23,27)/t13-/m1/s1. The van der Waals surface area contributed by atoms with Crippen molar-refractivity contribution in [1.29, 1.82) is 0 Å². The van der Waals surface area contributed by atoms with Crippen LogP contribution < -0.4 is 10.6 Å². The molecular formula is C20H20FN3O6. The number of esters is 1. The highest BCUT2D eigenvalue weighted by Crippen LogP contribution is 2.12. The predicted molar refractivity (Wildman–Crippen MR) is 104 cm³/mol. The number of amides is 2. The minimum atomic E-state index is -1.08. The van der Waals surface area contributed by atoms with Gasteiger partial charge in [0.05, 0.1) is 4.92 Å². The molecule has 158 valence electrons. The number of nitro benzene ring substituents is 1. The fourth-order valence-corrected chi connectivity index (χ4v) is 2.43. The van der Waals surface area contributed by atoms with Crippen molar-refractivity contribution in [2.75, 3.05) is 13.1 Å². The molecule has 2 rings (SSSR count). The SMILES string of the molecule is C[C@@H](OC(=O)CNC(=O)c1cccc([N+](=O)[O-])c1)C(=O)NCCc1ccc(F)cc1. The molecule has 0 radical (unpaired) electrons. The zero-order valence-corrected chi connectivity index (χ0v) is 16.1. The molecule has 0 bridgehead atoms. The molecule has 0 fully saturated rings. The lowest BCUT2D eigenvalue weighted by Crippen LogP contribution is -2.39. The Hall–Kier alpha value is -3.82. The van der Waals surface area contributed by atoms with Crippen LogP contribution in [-0.4, -0.2) is 41.9 Å². The van der Waals surface area contributed by atoms with Crippen molar-refractivity contribution in [2.45, 2.75) is 19.4 Å². The number of non-ortho nitro benzene ring substituents is 1. The molecule has 2 aromatic carbocycles. The van der Waals surface area contributed by atoms with E-state index in [0.29, 0.717) is 6.42 Å². The first-order valence-electron chi connectivity index (χ1n) is 9.00. The van der Waals surface area contributed by atoms with Crippen LogP contribution in [0.25, 0.3) is 0 Å². The maximum absolute atomic E-state index is 12.9. The third kappa shape index (κ3) is 6.97. The van der Waals surface area contributed by atoms with Gasteiger partial charge in [-0.2, -0.15) is 0 Å². The summed E-state index contributed by atoms with van der Waals surface area (Å²) in [5.41, 5.74) is 0.602. The van der Waals surface area contributed by atoms with Gasteiger partial charge in [0.2, 0.25) is 0 Å². The van der Waals surface area contributed by atoms with Crippen LogP contribution in [0.1, 0.15) is 22.8 Å². The fourth-order valence-electron chi connectivity index (χ4n) is 2.43. The van der Waals surface area contributed by atoms with Crippen LogP contribution in [0.2, 0.25) is 0 Å². The summed E-state index contributed by atoms with van der Waals surface area (Å²) in [5.74, 6) is -2.39. The van der Waals surface area contributed by atoms with Crippen molar-refractivity contribution in [3.05, 3.63) is 75.6 Å². The molecule has 0 saturated carbocycles. The molecule has 9 nitrogen and oxygen atoms in total. The normalized spacial score (nSPS) is 11.3. The summed E-state index contributed by atoms with van der Waals surface area (Å²) in [6.45, 7) is 1.15. The Balaban J connectivity index is 1.73. The second-order valence-corrected chi connectivity index (χ2v) is 6.29. The van der Waals surface area contributed by atoms with Gasteiger partial charge < -0.3 is 15.4 Å². The number of rotatable bonds is 9. The van der Waals surface area contributed by atoms with Crippen LogP contribution in [0.5, 0.6) is 0 Å². The zero-order valence-electron chi connectivity index (χ0n) is 16.1. The van der Waals surface area contributed by atoms with Crippen LogP contribution in [0, 0.1) is 15.9 Å². The molecule has 0 spiro atoms. The van der Waals surface area contributed by atoms with Crippen LogP contribution in [-0.2, 0) is 20.7 Å². The van der Waals surface area contributed by atoms with E-state index >= 15 is 0 Å². The summed E-state index contributed by atoms with van der Waals surface area (Å²) < 4.78 is 17.8. The Labute approximate surface area is 171 Å². The Bertz CT molecular complexity index is 932. The summed E-state index contributed by atoms with van der Waals surface area (Å²) in [7, 11) is 0. The van der Waals surface area contributed by atoms with Crippen LogP contribution in [0.4, 0.5) is 10.1 Å². The summed E-state index contributed by atoms with van der Waals surface area (Å²) in [6, 6.07) is 10.9. The van der Waals surface area contributed by atoms with E-state index in [9.17, 15) is 28.9 Å². The predicted octanol–water partition coefficient (Wildman–Crippen LogP) is 1.75. The van der Waals surface area contributed by atoms with Gasteiger partial charge in [-0.1, -0.05) is 18.2 Å². The number of nitrogens with zero attached hydrogens (tertiary/aromatic N) is 1. The van der Waals surface area contributed by atoms with Crippen LogP contribution >= 0.6 is 0 Å². The molecule has 2 N–H and O–H groups in total. The second-order valence-electron chi connectivity index (χ2n) is 6.29. The molecule has 0 aliphatic heterocycles. The second kappa shape index (κ2) is 10.6. The van der Waals surface area contributed by atoms with E-state index < -0.39 is 35.4 Å². The van der Waals surface area contributed by atoms with E-state index in [1.54, 1.807) is 12.1 Å². The van der Waals surface area contributed by atoms with Crippen molar-refractivity contribution in [2.24, 2.45) is 0 Å². The molecule has 0 saturated heterocycles. The Morgan fingerprint density at radius 1 is 1.13 bits per heavy atom. The molecule has 1 atom stereocenters. The number of nitrogens with one attached hydrogen (secondary N) is 2. The average Bonchev–Trinajstić information content (AvgIpc) is 2.73. The van der Waals surface area contributed by atoms with Crippen LogP contribution in [0.3, 0.4) is 0 Å². The first-order chi connectivity index (χ1) is 14.3. The number of ether oxygens (including phenoxy) is 1. The number of carbonyl (C=O) groups excluding carboxylic acids is 3. The van der Waals surface area contributed by atoms with Crippen LogP contribution in [0.15, 0.2) is 48.5 Å². The fraction of sp³-hybridized carbons (Fsp3) is 0.250. The molecule has 30 heavy (non-hydrogen) atoms. The highest BCUT2D eigenvalue weighted by molar-refractivity contribution is 5.96. The van der Waals surface area contributed by atoms with Gasteiger partial charge in [-0.3, -0.25) is 24.5 Å². The van der Waals surface area contributed by atoms with Gasteiger partial charge in [-0.25, -0.2) is 4.39 Å². The first kappa shape index (κ1) is 22.5. The largest absolute Gasteiger partial charge is 0.451 e. The monoisotopic (exact) mass is 417 g/mol. The number of hydrogen-bond donors (Lipinski definition) is 2. The van der Waals surface area contributed by atoms with Gasteiger partial charge in [0.15, 0.2) is 6.10 Å². The van der Waals surface area contributed by atoms with Gasteiger partial charge in [0, 0.05) is 24.2 Å². The molecule has 0 unspecified atom stereocenters. The molecule has 2 amide bonds. The van der Waals surface area contributed by atoms with E-state index in [1.165, 1.54) is 37.3 Å². The van der Waals surface area contributed by atoms with E-state index in [-0.39, 0.29) is 23.6 Å². The van der Waals surface area contributed by atoms with Gasteiger partial charge in [0.25, 0.3) is 17.5 Å². The summed E-state index contributed by atoms with van der Waals surface area (Å²) in [5, 5.41) is 15.6. The van der Waals surface area contributed by atoms with E-state index in [2.05, 4.69) is 10.6 Å². The first-order valence-corrected chi connectivity index (χ1v) is 9.00. The number of nitro groups is 1. The summed E-state index contributed by atoms with van der Waals surface area (Å²) in [6.07, 6.45) is -0.605. The number of carbonyl (C=O) groups is 3. The maximum atomic E-state index is 12.9. The molecule has 0 aliphatic rings. The minimum Gasteiger partial charge on any atom is -0.451 e. The maximum Gasteiger partial charge on any atom is 0.326 e. The van der Waals surface area contributed by atoms with Gasteiger partial charge in [-0.15, -0.1) is 0 Å². The van der Waals surface area contributed by atoms with Gasteiger partial charge in [-0.05, 0) is 37.1 Å². The molecule has 0 aliphatic carbocycles. The van der Waals surface area contributed by atoms with Crippen molar-refractivity contribution in [3.8, 4) is 0 Å². The topological polar surface area (TPSA) is 128 Å². The summed E-state index contributed by atoms with van der Waals surface area (Å²) >= 11 is 0. The Kier molecular flexibility index (Phi) is 7.98. The highest BCUT2D eigenvalue weighted by atomic mass is 19.1. The average molecular weight is 417 g/mol. The molecule has 0 heterocycles. The third-order valence-electron chi connectivity index (χ3n) is 4.02. The lowest BCUT2D eigenvalue weighted by atomic mass is 10.1. The van der Waals surface area contributed by atoms with E-state index in [4.69, 9.17) is 4.74 Å². The van der Waals surface area contributed by atoms with Crippen molar-refractivity contribution in [3.63, 3.8) is 0 Å². The smallest absolute Gasteiger partial charge is 0.326 e. The quantitative estimate of drug-likeness (QED) is 0.364. The lowest BCUT2D eigenvalue weighted by Gasteiger charge is -2.14. The Morgan fingerprint density at radius 2 is 1.83 bits per heavy atom. The number of halogens is 1. The minimum absolute atomic E-state index is 0.0172. The highest BCUT2D eigenvalue weighted by Gasteiger charge is 2.18. The molecule has 10 heteroatoms. The van der Waals surface area contributed by atoms with Gasteiger partial charge in [0.1, 0.15) is 12.4 Å². The third-order valence-corrected chi connectivity index (χ3v) is 4.02. The number of hydrogen-bond acceptors (Lipinski definition) is 6. The van der Waals surface area contributed by atoms with Gasteiger partial charge >= 0.3 is 5.97 Å². The molecule has 0 aromatic heterocycles. The van der Waals surface area contributed by atoms with E-state index in [1.807, 2.05) is 0 Å². The van der Waals surface area contributed by atoms with Crippen molar-refractivity contribution < 1.29 is 28.4 Å². The van der Waals surface area contributed by atoms with Crippen molar-refractivity contribution >= 4 is 23.5 Å². The Morgan fingerprint density at radius 3 is 2.50 bits per heavy atom. The zero-order chi connectivity index (χ0) is 22.1. The number of benzene rings is 2. The lowest BCUT2D eigenvalue weighted by molar-refractivity contribution is -0.384.